The Morgan fingerprint density at radius 1 is 1.54 bits per heavy atom. The van der Waals surface area contributed by atoms with E-state index >= 15 is 0 Å². The molecule has 0 radical (unpaired) electrons. The van der Waals surface area contributed by atoms with E-state index in [1.807, 2.05) is 24.8 Å². The second-order valence-electron chi connectivity index (χ2n) is 5.83. The number of nitrogens with one attached hydrogen (secondary N) is 1. The van der Waals surface area contributed by atoms with Gasteiger partial charge in [-0.25, -0.2) is 14.9 Å². The van der Waals surface area contributed by atoms with Gasteiger partial charge in [-0.2, -0.15) is 10.4 Å². The summed E-state index contributed by atoms with van der Waals surface area (Å²) in [5.74, 6) is 1.26. The first-order chi connectivity index (χ1) is 11.6. The Labute approximate surface area is 139 Å². The maximum atomic E-state index is 11.9. The molecule has 2 aromatic heterocycles. The van der Waals surface area contributed by atoms with E-state index in [1.54, 1.807) is 17.9 Å². The number of methoxy groups -OCH3 is 1. The van der Waals surface area contributed by atoms with Gasteiger partial charge in [0, 0.05) is 32.8 Å². The smallest absolute Gasteiger partial charge is 0.343 e. The molecular formula is C16H20N6O2. The van der Waals surface area contributed by atoms with Gasteiger partial charge in [-0.1, -0.05) is 0 Å². The van der Waals surface area contributed by atoms with Crippen LogP contribution in [0.3, 0.4) is 0 Å². The number of hydrogen-bond donors (Lipinski definition) is 1. The van der Waals surface area contributed by atoms with Gasteiger partial charge in [0.2, 0.25) is 0 Å². The molecule has 1 saturated heterocycles. The molecule has 0 saturated carbocycles. The minimum Gasteiger partial charge on any atom is -0.380 e. The third kappa shape index (κ3) is 2.57. The van der Waals surface area contributed by atoms with E-state index in [1.165, 1.54) is 0 Å². The van der Waals surface area contributed by atoms with Crippen LogP contribution >= 0.6 is 0 Å². The largest absolute Gasteiger partial charge is 0.380 e. The summed E-state index contributed by atoms with van der Waals surface area (Å²) in [5.41, 5.74) is 1.18. The molecule has 0 bridgehead atoms. The van der Waals surface area contributed by atoms with E-state index in [4.69, 9.17) is 4.74 Å². The van der Waals surface area contributed by atoms with E-state index in [-0.39, 0.29) is 17.8 Å². The highest BCUT2D eigenvalue weighted by atomic mass is 16.5. The zero-order valence-corrected chi connectivity index (χ0v) is 14.0. The molecule has 3 rings (SSSR count). The Morgan fingerprint density at radius 2 is 2.33 bits per heavy atom. The number of H-pyrrole nitrogens is 1. The van der Waals surface area contributed by atoms with Crippen LogP contribution in [0.2, 0.25) is 0 Å². The number of ether oxygens (including phenoxy) is 1. The summed E-state index contributed by atoms with van der Waals surface area (Å²) in [6.07, 6.45) is 2.36. The number of aryl methyl sites for hydroxylation is 1. The van der Waals surface area contributed by atoms with Crippen molar-refractivity contribution < 1.29 is 4.74 Å². The number of pyridine rings is 1. The van der Waals surface area contributed by atoms with Crippen molar-refractivity contribution in [3.8, 4) is 6.07 Å². The zero-order valence-electron chi connectivity index (χ0n) is 14.0. The Kier molecular flexibility index (Phi) is 4.36. The second kappa shape index (κ2) is 6.45. The average Bonchev–Trinajstić information content (AvgIpc) is 3.17. The van der Waals surface area contributed by atoms with Crippen molar-refractivity contribution in [2.45, 2.75) is 39.0 Å². The van der Waals surface area contributed by atoms with Crippen LogP contribution < -0.4 is 10.6 Å². The van der Waals surface area contributed by atoms with Gasteiger partial charge in [0.15, 0.2) is 5.82 Å². The first-order valence-electron chi connectivity index (χ1n) is 7.90. The number of hydrogen-bond acceptors (Lipinski definition) is 6. The van der Waals surface area contributed by atoms with Crippen LogP contribution in [0.4, 0.5) is 5.82 Å². The molecule has 0 unspecified atom stereocenters. The molecule has 0 spiro atoms. The fraction of sp³-hybridized carbons (Fsp3) is 0.500. The van der Waals surface area contributed by atoms with Gasteiger partial charge in [-0.05, 0) is 25.5 Å². The maximum Gasteiger partial charge on any atom is 0.343 e. The molecule has 1 aliphatic heterocycles. The first kappa shape index (κ1) is 16.2. The van der Waals surface area contributed by atoms with Crippen molar-refractivity contribution in [3.63, 3.8) is 0 Å². The summed E-state index contributed by atoms with van der Waals surface area (Å²) < 4.78 is 7.13. The minimum absolute atomic E-state index is 0.0130. The highest BCUT2D eigenvalue weighted by Crippen LogP contribution is 2.37. The van der Waals surface area contributed by atoms with Gasteiger partial charge in [0.1, 0.15) is 11.9 Å². The molecular weight excluding hydrogens is 308 g/mol. The van der Waals surface area contributed by atoms with Crippen LogP contribution in [-0.2, 0) is 11.3 Å². The Balaban J connectivity index is 2.10. The molecule has 0 aromatic carbocycles. The molecule has 8 heteroatoms. The molecule has 126 valence electrons. The van der Waals surface area contributed by atoms with E-state index in [9.17, 15) is 10.1 Å². The van der Waals surface area contributed by atoms with E-state index in [2.05, 4.69) is 21.3 Å². The molecule has 0 aliphatic carbocycles. The first-order valence-corrected chi connectivity index (χ1v) is 7.90. The van der Waals surface area contributed by atoms with Gasteiger partial charge in [0.05, 0.1) is 17.7 Å². The van der Waals surface area contributed by atoms with Gasteiger partial charge >= 0.3 is 5.69 Å². The van der Waals surface area contributed by atoms with E-state index < -0.39 is 0 Å². The van der Waals surface area contributed by atoms with Crippen LogP contribution in [0.5, 0.6) is 0 Å². The summed E-state index contributed by atoms with van der Waals surface area (Å²) in [7, 11) is 1.66. The van der Waals surface area contributed by atoms with Crippen LogP contribution in [0.1, 0.15) is 36.3 Å². The van der Waals surface area contributed by atoms with Crippen molar-refractivity contribution in [1.29, 1.82) is 5.26 Å². The number of aromatic amines is 1. The molecule has 1 fully saturated rings. The van der Waals surface area contributed by atoms with Crippen molar-refractivity contribution >= 4 is 5.82 Å². The Morgan fingerprint density at radius 3 is 3.00 bits per heavy atom. The Hall–Kier alpha value is -2.66. The molecule has 8 nitrogen and oxygen atoms in total. The second-order valence-corrected chi connectivity index (χ2v) is 5.83. The lowest BCUT2D eigenvalue weighted by molar-refractivity contribution is 0.118. The highest BCUT2D eigenvalue weighted by Gasteiger charge is 2.38. The molecule has 1 aliphatic rings. The lowest BCUT2D eigenvalue weighted by Crippen LogP contribution is -2.29. The van der Waals surface area contributed by atoms with Gasteiger partial charge in [-0.15, -0.1) is 0 Å². The van der Waals surface area contributed by atoms with Crippen LogP contribution in [0, 0.1) is 18.3 Å². The number of nitrogens with zero attached hydrogens (tertiary/aromatic N) is 5. The topological polar surface area (TPSA) is 99.8 Å². The Bertz CT molecular complexity index is 834. The number of rotatable bonds is 4. The summed E-state index contributed by atoms with van der Waals surface area (Å²) in [6, 6.07) is 3.88. The molecule has 3 heterocycles. The SMILES string of the molecule is CCn1c([C@@H]2C[C@H](OC)CN2c2nccc(C)c2C#N)n[nH]c1=O. The summed E-state index contributed by atoms with van der Waals surface area (Å²) in [4.78, 5) is 18.4. The third-order valence-corrected chi connectivity index (χ3v) is 4.52. The quantitative estimate of drug-likeness (QED) is 0.903. The number of anilines is 1. The minimum atomic E-state index is -0.231. The van der Waals surface area contributed by atoms with Gasteiger partial charge < -0.3 is 9.64 Å². The maximum absolute atomic E-state index is 11.9. The third-order valence-electron chi connectivity index (χ3n) is 4.52. The van der Waals surface area contributed by atoms with Crippen LogP contribution in [0.25, 0.3) is 0 Å². The zero-order chi connectivity index (χ0) is 17.3. The van der Waals surface area contributed by atoms with Crippen molar-refractivity contribution in [3.05, 3.63) is 39.7 Å². The molecule has 0 amide bonds. The van der Waals surface area contributed by atoms with E-state index in [0.29, 0.717) is 36.7 Å². The van der Waals surface area contributed by atoms with Crippen LogP contribution in [-0.4, -0.2) is 39.5 Å². The monoisotopic (exact) mass is 328 g/mol. The molecule has 2 atom stereocenters. The molecule has 1 N–H and O–H groups in total. The summed E-state index contributed by atoms with van der Waals surface area (Å²) >= 11 is 0. The van der Waals surface area contributed by atoms with Crippen molar-refractivity contribution in [2.75, 3.05) is 18.6 Å². The molecule has 24 heavy (non-hydrogen) atoms. The van der Waals surface area contributed by atoms with Crippen molar-refractivity contribution in [1.82, 2.24) is 19.7 Å². The van der Waals surface area contributed by atoms with Gasteiger partial charge in [-0.3, -0.25) is 4.57 Å². The highest BCUT2D eigenvalue weighted by molar-refractivity contribution is 5.58. The normalized spacial score (nSPS) is 20.3. The predicted octanol–water partition coefficient (Wildman–Crippen LogP) is 1.13. The summed E-state index contributed by atoms with van der Waals surface area (Å²) in [5, 5.41) is 16.2. The number of aromatic nitrogens is 4. The van der Waals surface area contributed by atoms with Crippen LogP contribution in [0.15, 0.2) is 17.1 Å². The predicted molar refractivity (Wildman–Crippen MR) is 87.7 cm³/mol. The lowest BCUT2D eigenvalue weighted by Gasteiger charge is -2.26. The van der Waals surface area contributed by atoms with Gasteiger partial charge in [0.25, 0.3) is 0 Å². The fourth-order valence-electron chi connectivity index (χ4n) is 3.24. The number of nitriles is 1. The van der Waals surface area contributed by atoms with E-state index in [0.717, 1.165) is 5.56 Å². The summed E-state index contributed by atoms with van der Waals surface area (Å²) in [6.45, 7) is 4.91. The lowest BCUT2D eigenvalue weighted by atomic mass is 10.1. The van der Waals surface area contributed by atoms with Crippen molar-refractivity contribution in [2.24, 2.45) is 0 Å². The molecule has 2 aromatic rings. The standard InChI is InChI=1S/C16H20N6O2/c1-4-21-15(19-20-16(21)23)13-7-11(24-3)9-22(13)14-12(8-17)10(2)5-6-18-14/h5-6,11,13H,4,7,9H2,1-3H3,(H,20,23)/t11-,13-/m0/s1. The fourth-order valence-corrected chi connectivity index (χ4v) is 3.24. The average molecular weight is 328 g/mol.